The monoisotopic (exact) mass is 249 g/mol. The smallest absolute Gasteiger partial charge is 0.254 e. The van der Waals surface area contributed by atoms with Crippen molar-refractivity contribution in [2.45, 2.75) is 0 Å². The Morgan fingerprint density at radius 1 is 0.947 bits per heavy atom. The second-order valence-corrected chi connectivity index (χ2v) is 4.27. The molecule has 0 N–H and O–H groups in total. The van der Waals surface area contributed by atoms with Crippen LogP contribution in [0.15, 0.2) is 73.3 Å². The number of aldehydes is 1. The maximum atomic E-state index is 10.6. The van der Waals surface area contributed by atoms with E-state index in [0.29, 0.717) is 5.56 Å². The van der Waals surface area contributed by atoms with Crippen LogP contribution in [0, 0.1) is 0 Å². The molecule has 3 nitrogen and oxygen atoms in total. The lowest BCUT2D eigenvalue weighted by atomic mass is 10.2. The Hall–Kier alpha value is -2.68. The van der Waals surface area contributed by atoms with E-state index in [2.05, 4.69) is 12.1 Å². The van der Waals surface area contributed by atoms with E-state index in [0.717, 1.165) is 17.7 Å². The maximum absolute atomic E-state index is 10.6. The molecule has 0 aliphatic heterocycles. The lowest BCUT2D eigenvalue weighted by Gasteiger charge is -1.96. The summed E-state index contributed by atoms with van der Waals surface area (Å²) in [7, 11) is 0. The van der Waals surface area contributed by atoms with Gasteiger partial charge < -0.3 is 0 Å². The molecule has 1 heterocycles. The first-order valence-corrected chi connectivity index (χ1v) is 6.07. The third-order valence-electron chi connectivity index (χ3n) is 3.02. The quantitative estimate of drug-likeness (QED) is 0.517. The SMILES string of the molecule is O=Cc1ccc(-[n+]2ccn(-c3ccccc3)c2)cc1. The third kappa shape index (κ3) is 2.31. The van der Waals surface area contributed by atoms with Gasteiger partial charge in [0.15, 0.2) is 0 Å². The lowest BCUT2D eigenvalue weighted by Crippen LogP contribution is -2.27. The summed E-state index contributed by atoms with van der Waals surface area (Å²) in [5.74, 6) is 0. The van der Waals surface area contributed by atoms with Gasteiger partial charge in [0.25, 0.3) is 6.33 Å². The molecule has 0 saturated carbocycles. The zero-order valence-electron chi connectivity index (χ0n) is 10.3. The van der Waals surface area contributed by atoms with Crippen LogP contribution in [-0.4, -0.2) is 10.9 Å². The third-order valence-corrected chi connectivity index (χ3v) is 3.02. The van der Waals surface area contributed by atoms with E-state index in [-0.39, 0.29) is 0 Å². The molecule has 0 radical (unpaired) electrons. The second-order valence-electron chi connectivity index (χ2n) is 4.27. The summed E-state index contributed by atoms with van der Waals surface area (Å²) in [5.41, 5.74) is 2.83. The highest BCUT2D eigenvalue weighted by Gasteiger charge is 2.07. The minimum atomic E-state index is 0.687. The molecule has 0 bridgehead atoms. The topological polar surface area (TPSA) is 25.9 Å². The van der Waals surface area contributed by atoms with Gasteiger partial charge in [-0.15, -0.1) is 0 Å². The van der Waals surface area contributed by atoms with E-state index in [1.807, 2.05) is 70.3 Å². The number of hydrogen-bond donors (Lipinski definition) is 0. The molecule has 3 heteroatoms. The van der Waals surface area contributed by atoms with Crippen LogP contribution in [0.3, 0.4) is 0 Å². The Kier molecular flexibility index (Phi) is 2.94. The number of nitrogens with zero attached hydrogens (tertiary/aromatic N) is 2. The van der Waals surface area contributed by atoms with E-state index in [9.17, 15) is 4.79 Å². The zero-order chi connectivity index (χ0) is 13.1. The number of para-hydroxylation sites is 1. The normalized spacial score (nSPS) is 10.3. The van der Waals surface area contributed by atoms with E-state index < -0.39 is 0 Å². The molecule has 3 rings (SSSR count). The molecule has 0 atom stereocenters. The molecule has 19 heavy (non-hydrogen) atoms. The molecular formula is C16H13N2O+. The Labute approximate surface area is 111 Å². The van der Waals surface area contributed by atoms with Crippen LogP contribution in [0.5, 0.6) is 0 Å². The summed E-state index contributed by atoms with van der Waals surface area (Å²) >= 11 is 0. The summed E-state index contributed by atoms with van der Waals surface area (Å²) in [6.45, 7) is 0. The van der Waals surface area contributed by atoms with Crippen molar-refractivity contribution in [1.82, 2.24) is 4.57 Å². The van der Waals surface area contributed by atoms with Crippen molar-refractivity contribution >= 4 is 6.29 Å². The van der Waals surface area contributed by atoms with Gasteiger partial charge in [0.2, 0.25) is 0 Å². The molecule has 0 unspecified atom stereocenters. The molecule has 92 valence electrons. The molecule has 1 aromatic heterocycles. The van der Waals surface area contributed by atoms with Crippen molar-refractivity contribution in [2.24, 2.45) is 0 Å². The average Bonchev–Trinajstić information content (AvgIpc) is 2.98. The van der Waals surface area contributed by atoms with Crippen molar-refractivity contribution in [1.29, 1.82) is 0 Å². The lowest BCUT2D eigenvalue weighted by molar-refractivity contribution is -0.594. The second kappa shape index (κ2) is 4.90. The van der Waals surface area contributed by atoms with E-state index in [1.165, 1.54) is 0 Å². The molecule has 0 fully saturated rings. The van der Waals surface area contributed by atoms with E-state index in [1.54, 1.807) is 0 Å². The molecule has 0 aliphatic carbocycles. The standard InChI is InChI=1S/C16H13N2O/c19-12-14-6-8-16(9-7-14)18-11-10-17(13-18)15-4-2-1-3-5-15/h1-13H/q+1. The summed E-state index contributed by atoms with van der Waals surface area (Å²) in [4.78, 5) is 10.6. The summed E-state index contributed by atoms with van der Waals surface area (Å²) in [6.07, 6.45) is 6.85. The first-order chi connectivity index (χ1) is 9.36. The average molecular weight is 249 g/mol. The van der Waals surface area contributed by atoms with Crippen LogP contribution >= 0.6 is 0 Å². The number of rotatable bonds is 3. The number of benzene rings is 2. The van der Waals surface area contributed by atoms with Crippen LogP contribution in [0.4, 0.5) is 0 Å². The first kappa shape index (κ1) is 11.4. The summed E-state index contributed by atoms with van der Waals surface area (Å²) < 4.78 is 4.06. The number of carbonyl (C=O) groups excluding carboxylic acids is 1. The molecule has 0 amide bonds. The first-order valence-electron chi connectivity index (χ1n) is 6.07. The van der Waals surface area contributed by atoms with Crippen LogP contribution in [0.1, 0.15) is 10.4 Å². The van der Waals surface area contributed by atoms with Gasteiger partial charge in [-0.05, 0) is 36.4 Å². The zero-order valence-corrected chi connectivity index (χ0v) is 10.3. The fourth-order valence-corrected chi connectivity index (χ4v) is 1.99. The minimum absolute atomic E-state index is 0.687. The molecular weight excluding hydrogens is 236 g/mol. The van der Waals surface area contributed by atoms with Gasteiger partial charge in [-0.2, -0.15) is 0 Å². The van der Waals surface area contributed by atoms with Gasteiger partial charge in [0.1, 0.15) is 30.1 Å². The van der Waals surface area contributed by atoms with Crippen molar-refractivity contribution < 1.29 is 9.36 Å². The van der Waals surface area contributed by atoms with Gasteiger partial charge >= 0.3 is 0 Å². The Morgan fingerprint density at radius 2 is 1.68 bits per heavy atom. The van der Waals surface area contributed by atoms with Gasteiger partial charge in [-0.1, -0.05) is 18.2 Å². The van der Waals surface area contributed by atoms with E-state index >= 15 is 0 Å². The summed E-state index contributed by atoms with van der Waals surface area (Å²) in [6, 6.07) is 17.6. The summed E-state index contributed by atoms with van der Waals surface area (Å²) in [5, 5.41) is 0. The predicted octanol–water partition coefficient (Wildman–Crippen LogP) is 2.57. The van der Waals surface area contributed by atoms with Crippen LogP contribution in [-0.2, 0) is 0 Å². The highest BCUT2D eigenvalue weighted by Crippen LogP contribution is 2.07. The van der Waals surface area contributed by atoms with E-state index in [4.69, 9.17) is 0 Å². The maximum Gasteiger partial charge on any atom is 0.254 e. The van der Waals surface area contributed by atoms with Crippen LogP contribution in [0.2, 0.25) is 0 Å². The molecule has 2 aromatic carbocycles. The largest absolute Gasteiger partial charge is 0.298 e. The van der Waals surface area contributed by atoms with Gasteiger partial charge in [0, 0.05) is 5.56 Å². The molecule has 3 aromatic rings. The highest BCUT2D eigenvalue weighted by molar-refractivity contribution is 5.74. The van der Waals surface area contributed by atoms with Crippen molar-refractivity contribution in [3.05, 3.63) is 78.9 Å². The van der Waals surface area contributed by atoms with Gasteiger partial charge in [0.05, 0.1) is 0 Å². The Bertz CT molecular complexity index is 684. The highest BCUT2D eigenvalue weighted by atomic mass is 16.1. The van der Waals surface area contributed by atoms with Crippen molar-refractivity contribution in [3.63, 3.8) is 0 Å². The number of carbonyl (C=O) groups is 1. The number of imidazole rings is 1. The Morgan fingerprint density at radius 3 is 2.37 bits per heavy atom. The molecule has 0 saturated heterocycles. The van der Waals surface area contributed by atoms with Gasteiger partial charge in [-0.25, -0.2) is 9.13 Å². The van der Waals surface area contributed by atoms with Crippen molar-refractivity contribution in [3.8, 4) is 11.4 Å². The minimum Gasteiger partial charge on any atom is -0.298 e. The van der Waals surface area contributed by atoms with Crippen LogP contribution in [0.25, 0.3) is 11.4 Å². The predicted molar refractivity (Wildman–Crippen MR) is 72.7 cm³/mol. The van der Waals surface area contributed by atoms with Crippen molar-refractivity contribution in [2.75, 3.05) is 0 Å². The molecule has 0 spiro atoms. The fraction of sp³-hybridized carbons (Fsp3) is 0. The fourth-order valence-electron chi connectivity index (χ4n) is 1.99. The molecule has 0 aliphatic rings. The number of aromatic nitrogens is 2. The van der Waals surface area contributed by atoms with Gasteiger partial charge in [-0.3, -0.25) is 4.79 Å². The number of hydrogen-bond acceptors (Lipinski definition) is 1. The van der Waals surface area contributed by atoms with Crippen LogP contribution < -0.4 is 4.57 Å². The Balaban J connectivity index is 1.94.